The molecule has 1 unspecified atom stereocenters. The molecule has 0 spiro atoms. The molecule has 64 valence electrons. The smallest absolute Gasteiger partial charge is 0.0235 e. The van der Waals surface area contributed by atoms with Crippen LogP contribution in [0.15, 0.2) is 0 Å². The molecule has 1 N–H and O–H groups in total. The molecule has 0 amide bonds. The van der Waals surface area contributed by atoms with Crippen molar-refractivity contribution in [2.45, 2.75) is 38.3 Å². The Balaban J connectivity index is 1.92. The molecule has 2 fully saturated rings. The predicted molar refractivity (Wildman–Crippen MR) is 46.7 cm³/mol. The molecule has 0 aromatic carbocycles. The van der Waals surface area contributed by atoms with Crippen LogP contribution >= 0.6 is 0 Å². The minimum absolute atomic E-state index is 0.847. The third kappa shape index (κ3) is 1.42. The van der Waals surface area contributed by atoms with E-state index in [-0.39, 0.29) is 0 Å². The maximum absolute atomic E-state index is 3.43. The topological polar surface area (TPSA) is 15.3 Å². The van der Waals surface area contributed by atoms with Gasteiger partial charge in [0.05, 0.1) is 0 Å². The molecule has 11 heavy (non-hydrogen) atoms. The minimum atomic E-state index is 0.847. The molecule has 0 aliphatic carbocycles. The summed E-state index contributed by atoms with van der Waals surface area (Å²) in [5, 5.41) is 3.43. The van der Waals surface area contributed by atoms with Crippen molar-refractivity contribution in [1.82, 2.24) is 10.2 Å². The highest BCUT2D eigenvalue weighted by atomic mass is 15.2. The molecule has 2 nitrogen and oxygen atoms in total. The van der Waals surface area contributed by atoms with Crippen molar-refractivity contribution < 1.29 is 0 Å². The number of rotatable bonds is 1. The van der Waals surface area contributed by atoms with E-state index in [1.54, 1.807) is 0 Å². The van der Waals surface area contributed by atoms with Gasteiger partial charge in [-0.15, -0.1) is 0 Å². The Labute approximate surface area is 69.0 Å². The lowest BCUT2D eigenvalue weighted by molar-refractivity contribution is 0.202. The molecule has 2 aliphatic rings. The first-order valence-corrected chi connectivity index (χ1v) is 4.84. The van der Waals surface area contributed by atoms with Gasteiger partial charge < -0.3 is 5.32 Å². The number of hydrogen-bond acceptors (Lipinski definition) is 2. The van der Waals surface area contributed by atoms with Gasteiger partial charge in [0.15, 0.2) is 0 Å². The standard InChI is InChI=1S/C9H18N2/c1-8-3-2-6-11(8)9-4-5-10-7-9/h8-10H,2-7H2,1H3/t8?,9-/m0/s1. The highest BCUT2D eigenvalue weighted by Crippen LogP contribution is 2.21. The molecule has 0 bridgehead atoms. The fourth-order valence-electron chi connectivity index (χ4n) is 2.42. The van der Waals surface area contributed by atoms with E-state index in [4.69, 9.17) is 0 Å². The second kappa shape index (κ2) is 3.11. The molecule has 2 aliphatic heterocycles. The van der Waals surface area contributed by atoms with E-state index in [0.29, 0.717) is 0 Å². The van der Waals surface area contributed by atoms with Gasteiger partial charge in [-0.3, -0.25) is 4.90 Å². The quantitative estimate of drug-likeness (QED) is 0.602. The van der Waals surface area contributed by atoms with Crippen molar-refractivity contribution >= 4 is 0 Å². The van der Waals surface area contributed by atoms with Crippen molar-refractivity contribution in [3.8, 4) is 0 Å². The van der Waals surface area contributed by atoms with Crippen LogP contribution < -0.4 is 5.32 Å². The van der Waals surface area contributed by atoms with E-state index >= 15 is 0 Å². The highest BCUT2D eigenvalue weighted by Gasteiger charge is 2.29. The molecule has 0 radical (unpaired) electrons. The molecule has 0 aromatic heterocycles. The lowest BCUT2D eigenvalue weighted by Gasteiger charge is -2.27. The van der Waals surface area contributed by atoms with Gasteiger partial charge in [-0.05, 0) is 39.3 Å². The summed E-state index contributed by atoms with van der Waals surface area (Å²) in [6.07, 6.45) is 4.19. The second-order valence-electron chi connectivity index (χ2n) is 3.88. The Bertz CT molecular complexity index is 130. The fourth-order valence-corrected chi connectivity index (χ4v) is 2.42. The van der Waals surface area contributed by atoms with E-state index in [1.807, 2.05) is 0 Å². The molecule has 2 rings (SSSR count). The third-order valence-electron chi connectivity index (χ3n) is 3.11. The number of likely N-dealkylation sites (tertiary alicyclic amines) is 1. The molecular weight excluding hydrogens is 136 g/mol. The van der Waals surface area contributed by atoms with E-state index in [1.165, 1.54) is 38.9 Å². The van der Waals surface area contributed by atoms with Crippen molar-refractivity contribution in [2.75, 3.05) is 19.6 Å². The van der Waals surface area contributed by atoms with Crippen LogP contribution in [-0.4, -0.2) is 36.6 Å². The highest BCUT2D eigenvalue weighted by molar-refractivity contribution is 4.86. The number of hydrogen-bond donors (Lipinski definition) is 1. The first-order chi connectivity index (χ1) is 5.38. The molecule has 2 heteroatoms. The summed E-state index contributed by atoms with van der Waals surface area (Å²) in [5.41, 5.74) is 0. The van der Waals surface area contributed by atoms with E-state index in [2.05, 4.69) is 17.1 Å². The molecule has 0 saturated carbocycles. The van der Waals surface area contributed by atoms with Crippen LogP contribution in [0.2, 0.25) is 0 Å². The maximum atomic E-state index is 3.43. The first kappa shape index (κ1) is 7.56. The summed E-state index contributed by atoms with van der Waals surface area (Å²) >= 11 is 0. The number of nitrogens with one attached hydrogen (secondary N) is 1. The van der Waals surface area contributed by atoms with Gasteiger partial charge in [-0.1, -0.05) is 0 Å². The largest absolute Gasteiger partial charge is 0.315 e. The van der Waals surface area contributed by atoms with Crippen LogP contribution in [0.1, 0.15) is 26.2 Å². The first-order valence-electron chi connectivity index (χ1n) is 4.84. The molecular formula is C9H18N2. The van der Waals surface area contributed by atoms with Crippen LogP contribution in [0, 0.1) is 0 Å². The third-order valence-corrected chi connectivity index (χ3v) is 3.11. The molecule has 2 atom stereocenters. The number of nitrogens with zero attached hydrogens (tertiary/aromatic N) is 1. The van der Waals surface area contributed by atoms with Gasteiger partial charge in [0, 0.05) is 18.6 Å². The van der Waals surface area contributed by atoms with Gasteiger partial charge in [0.25, 0.3) is 0 Å². The predicted octanol–water partition coefficient (Wildman–Crippen LogP) is 0.833. The Morgan fingerprint density at radius 3 is 2.82 bits per heavy atom. The summed E-state index contributed by atoms with van der Waals surface area (Å²) in [6, 6.07) is 1.70. The summed E-state index contributed by atoms with van der Waals surface area (Å²) in [6.45, 7) is 6.16. The zero-order valence-electron chi connectivity index (χ0n) is 7.34. The lowest BCUT2D eigenvalue weighted by atomic mass is 10.2. The van der Waals surface area contributed by atoms with Gasteiger partial charge >= 0.3 is 0 Å². The van der Waals surface area contributed by atoms with Crippen molar-refractivity contribution in [1.29, 1.82) is 0 Å². The second-order valence-corrected chi connectivity index (χ2v) is 3.88. The molecule has 2 heterocycles. The van der Waals surface area contributed by atoms with E-state index in [9.17, 15) is 0 Å². The molecule has 0 aromatic rings. The Hall–Kier alpha value is -0.0800. The fraction of sp³-hybridized carbons (Fsp3) is 1.00. The van der Waals surface area contributed by atoms with Gasteiger partial charge in [-0.2, -0.15) is 0 Å². The Morgan fingerprint density at radius 1 is 1.36 bits per heavy atom. The normalized spacial score (nSPS) is 40.1. The summed E-state index contributed by atoms with van der Waals surface area (Å²) in [7, 11) is 0. The average molecular weight is 154 g/mol. The van der Waals surface area contributed by atoms with Crippen molar-refractivity contribution in [3.05, 3.63) is 0 Å². The minimum Gasteiger partial charge on any atom is -0.315 e. The summed E-state index contributed by atoms with van der Waals surface area (Å²) < 4.78 is 0. The van der Waals surface area contributed by atoms with Crippen molar-refractivity contribution in [3.63, 3.8) is 0 Å². The zero-order valence-corrected chi connectivity index (χ0v) is 7.34. The van der Waals surface area contributed by atoms with Crippen LogP contribution in [0.25, 0.3) is 0 Å². The lowest BCUT2D eigenvalue weighted by Crippen LogP contribution is -2.38. The van der Waals surface area contributed by atoms with Crippen LogP contribution in [0.3, 0.4) is 0 Å². The van der Waals surface area contributed by atoms with Crippen molar-refractivity contribution in [2.24, 2.45) is 0 Å². The van der Waals surface area contributed by atoms with Gasteiger partial charge in [0.1, 0.15) is 0 Å². The summed E-state index contributed by atoms with van der Waals surface area (Å²) in [4.78, 5) is 2.68. The van der Waals surface area contributed by atoms with Gasteiger partial charge in [-0.25, -0.2) is 0 Å². The Kier molecular flexibility index (Phi) is 2.14. The van der Waals surface area contributed by atoms with Crippen LogP contribution in [0.4, 0.5) is 0 Å². The van der Waals surface area contributed by atoms with Crippen LogP contribution in [0.5, 0.6) is 0 Å². The maximum Gasteiger partial charge on any atom is 0.0235 e. The monoisotopic (exact) mass is 154 g/mol. The van der Waals surface area contributed by atoms with Crippen LogP contribution in [-0.2, 0) is 0 Å². The SMILES string of the molecule is CC1CCCN1[C@H]1CCNC1. The Morgan fingerprint density at radius 2 is 2.27 bits per heavy atom. The summed E-state index contributed by atoms with van der Waals surface area (Å²) in [5.74, 6) is 0. The van der Waals surface area contributed by atoms with E-state index in [0.717, 1.165) is 12.1 Å². The average Bonchev–Trinajstić information content (AvgIpc) is 2.55. The zero-order chi connectivity index (χ0) is 7.68. The molecule has 2 saturated heterocycles. The van der Waals surface area contributed by atoms with Gasteiger partial charge in [0.2, 0.25) is 0 Å². The van der Waals surface area contributed by atoms with E-state index < -0.39 is 0 Å².